The van der Waals surface area contributed by atoms with E-state index >= 15 is 0 Å². The van der Waals surface area contributed by atoms with Crippen molar-refractivity contribution in [2.75, 3.05) is 5.32 Å². The first-order chi connectivity index (χ1) is 9.10. The molecular formula is C14H13N3OS. The van der Waals surface area contributed by atoms with E-state index in [4.69, 9.17) is 5.26 Å². The van der Waals surface area contributed by atoms with Gasteiger partial charge in [-0.25, -0.2) is 4.98 Å². The Balaban J connectivity index is 2.23. The van der Waals surface area contributed by atoms with Crippen LogP contribution in [0.1, 0.15) is 16.3 Å². The zero-order chi connectivity index (χ0) is 13.8. The van der Waals surface area contributed by atoms with Crippen molar-refractivity contribution in [3.63, 3.8) is 0 Å². The normalized spacial score (nSPS) is 11.1. The molecule has 0 atom stereocenters. The number of allylic oxidation sites excluding steroid dienone is 1. The Morgan fingerprint density at radius 1 is 1.47 bits per heavy atom. The molecular weight excluding hydrogens is 258 g/mol. The number of hydrogen-bond donors (Lipinski definition) is 2. The van der Waals surface area contributed by atoms with Crippen molar-refractivity contribution in [2.24, 2.45) is 0 Å². The molecule has 1 aromatic carbocycles. The minimum atomic E-state index is 0.156. The zero-order valence-electron chi connectivity index (χ0n) is 10.6. The number of phenols is 1. The number of anilines is 1. The molecule has 0 aliphatic heterocycles. The Morgan fingerprint density at radius 3 is 2.84 bits per heavy atom. The van der Waals surface area contributed by atoms with Gasteiger partial charge in [0.05, 0.1) is 5.69 Å². The first kappa shape index (κ1) is 13.1. The van der Waals surface area contributed by atoms with Gasteiger partial charge in [0.1, 0.15) is 22.4 Å². The number of aryl methyl sites for hydroxylation is 2. The summed E-state index contributed by atoms with van der Waals surface area (Å²) in [6.45, 7) is 3.78. The molecule has 0 aliphatic carbocycles. The molecule has 1 heterocycles. The highest BCUT2D eigenvalue weighted by molar-refractivity contribution is 7.10. The van der Waals surface area contributed by atoms with E-state index in [9.17, 15) is 5.11 Å². The van der Waals surface area contributed by atoms with Crippen LogP contribution < -0.4 is 5.32 Å². The maximum atomic E-state index is 9.76. The SMILES string of the molecule is Cc1ccc(N/C=C(\C#N)c2nc(C)cs2)c(O)c1. The first-order valence-corrected chi connectivity index (χ1v) is 6.57. The van der Waals surface area contributed by atoms with Crippen molar-refractivity contribution < 1.29 is 5.11 Å². The average Bonchev–Trinajstić information content (AvgIpc) is 2.79. The quantitative estimate of drug-likeness (QED) is 0.662. The lowest BCUT2D eigenvalue weighted by Gasteiger charge is -2.05. The molecule has 2 rings (SSSR count). The third-order valence-electron chi connectivity index (χ3n) is 2.50. The van der Waals surface area contributed by atoms with Crippen LogP contribution >= 0.6 is 11.3 Å². The summed E-state index contributed by atoms with van der Waals surface area (Å²) < 4.78 is 0. The monoisotopic (exact) mass is 271 g/mol. The summed E-state index contributed by atoms with van der Waals surface area (Å²) in [5.41, 5.74) is 2.87. The number of thiazole rings is 1. The van der Waals surface area contributed by atoms with Crippen LogP contribution in [0, 0.1) is 25.2 Å². The van der Waals surface area contributed by atoms with Gasteiger partial charge < -0.3 is 10.4 Å². The highest BCUT2D eigenvalue weighted by atomic mass is 32.1. The van der Waals surface area contributed by atoms with Crippen molar-refractivity contribution in [1.29, 1.82) is 5.26 Å². The van der Waals surface area contributed by atoms with E-state index in [0.717, 1.165) is 11.3 Å². The van der Waals surface area contributed by atoms with Gasteiger partial charge in [0, 0.05) is 17.3 Å². The van der Waals surface area contributed by atoms with E-state index in [-0.39, 0.29) is 5.75 Å². The lowest BCUT2D eigenvalue weighted by atomic mass is 10.2. The third kappa shape index (κ3) is 3.12. The molecule has 2 aromatic rings. The van der Waals surface area contributed by atoms with Crippen molar-refractivity contribution in [1.82, 2.24) is 4.98 Å². The van der Waals surface area contributed by atoms with E-state index in [1.54, 1.807) is 18.3 Å². The number of hydrogen-bond acceptors (Lipinski definition) is 5. The van der Waals surface area contributed by atoms with Gasteiger partial charge in [-0.1, -0.05) is 6.07 Å². The molecule has 5 heteroatoms. The topological polar surface area (TPSA) is 68.9 Å². The van der Waals surface area contributed by atoms with Crippen molar-refractivity contribution in [3.8, 4) is 11.8 Å². The molecule has 96 valence electrons. The molecule has 0 unspecified atom stereocenters. The number of aromatic nitrogens is 1. The minimum Gasteiger partial charge on any atom is -0.506 e. The van der Waals surface area contributed by atoms with Crippen LogP contribution in [0.25, 0.3) is 5.57 Å². The van der Waals surface area contributed by atoms with Crippen LogP contribution in [0.4, 0.5) is 5.69 Å². The molecule has 0 spiro atoms. The van der Waals surface area contributed by atoms with Crippen molar-refractivity contribution >= 4 is 22.6 Å². The first-order valence-electron chi connectivity index (χ1n) is 5.69. The summed E-state index contributed by atoms with van der Waals surface area (Å²) >= 11 is 1.42. The zero-order valence-corrected chi connectivity index (χ0v) is 11.5. The second-order valence-corrected chi connectivity index (χ2v) is 4.99. The number of nitriles is 1. The lowest BCUT2D eigenvalue weighted by Crippen LogP contribution is -1.92. The second-order valence-electron chi connectivity index (χ2n) is 4.13. The Morgan fingerprint density at radius 2 is 2.26 bits per heavy atom. The van der Waals surface area contributed by atoms with Crippen molar-refractivity contribution in [3.05, 3.63) is 46.0 Å². The Bertz CT molecular complexity index is 668. The number of nitrogens with one attached hydrogen (secondary N) is 1. The van der Waals surface area contributed by atoms with Gasteiger partial charge in [-0.3, -0.25) is 0 Å². The molecule has 0 saturated heterocycles. The van der Waals surface area contributed by atoms with Gasteiger partial charge in [-0.05, 0) is 31.5 Å². The van der Waals surface area contributed by atoms with Gasteiger partial charge in [-0.2, -0.15) is 5.26 Å². The Hall–Kier alpha value is -2.32. The minimum absolute atomic E-state index is 0.156. The molecule has 2 N–H and O–H groups in total. The molecule has 0 saturated carbocycles. The lowest BCUT2D eigenvalue weighted by molar-refractivity contribution is 0.477. The van der Waals surface area contributed by atoms with E-state index in [1.165, 1.54) is 11.3 Å². The fourth-order valence-corrected chi connectivity index (χ4v) is 2.30. The molecule has 0 fully saturated rings. The smallest absolute Gasteiger partial charge is 0.139 e. The Kier molecular flexibility index (Phi) is 3.83. The second kappa shape index (κ2) is 5.55. The molecule has 0 bridgehead atoms. The van der Waals surface area contributed by atoms with Crippen LogP contribution in [-0.2, 0) is 0 Å². The van der Waals surface area contributed by atoms with Gasteiger partial charge in [0.15, 0.2) is 0 Å². The van der Waals surface area contributed by atoms with E-state index < -0.39 is 0 Å². The van der Waals surface area contributed by atoms with Crippen LogP contribution in [0.15, 0.2) is 29.8 Å². The predicted octanol–water partition coefficient (Wildman–Crippen LogP) is 3.44. The molecule has 1 aromatic heterocycles. The highest BCUT2D eigenvalue weighted by Gasteiger charge is 2.06. The van der Waals surface area contributed by atoms with Crippen LogP contribution in [-0.4, -0.2) is 10.1 Å². The van der Waals surface area contributed by atoms with Gasteiger partial charge in [-0.15, -0.1) is 11.3 Å². The number of aromatic hydroxyl groups is 1. The fraction of sp³-hybridized carbons (Fsp3) is 0.143. The summed E-state index contributed by atoms with van der Waals surface area (Å²) in [6.07, 6.45) is 1.56. The third-order valence-corrected chi connectivity index (χ3v) is 3.49. The maximum Gasteiger partial charge on any atom is 0.139 e. The number of benzene rings is 1. The van der Waals surface area contributed by atoms with Gasteiger partial charge in [0.2, 0.25) is 0 Å². The summed E-state index contributed by atoms with van der Waals surface area (Å²) in [4.78, 5) is 4.26. The largest absolute Gasteiger partial charge is 0.506 e. The summed E-state index contributed by atoms with van der Waals surface area (Å²) in [6, 6.07) is 7.41. The van der Waals surface area contributed by atoms with E-state index in [2.05, 4.69) is 16.4 Å². The number of phenolic OH excluding ortho intramolecular Hbond substituents is 1. The van der Waals surface area contributed by atoms with Crippen LogP contribution in [0.2, 0.25) is 0 Å². The number of nitrogens with zero attached hydrogens (tertiary/aromatic N) is 2. The van der Waals surface area contributed by atoms with Crippen molar-refractivity contribution in [2.45, 2.75) is 13.8 Å². The summed E-state index contributed by atoms with van der Waals surface area (Å²) in [5, 5.41) is 24.4. The average molecular weight is 271 g/mol. The van der Waals surface area contributed by atoms with Crippen LogP contribution in [0.5, 0.6) is 5.75 Å². The fourth-order valence-electron chi connectivity index (χ4n) is 1.53. The number of rotatable bonds is 3. The molecule has 19 heavy (non-hydrogen) atoms. The summed E-state index contributed by atoms with van der Waals surface area (Å²) in [7, 11) is 0. The molecule has 4 nitrogen and oxygen atoms in total. The highest BCUT2D eigenvalue weighted by Crippen LogP contribution is 2.25. The predicted molar refractivity (Wildman–Crippen MR) is 76.9 cm³/mol. The van der Waals surface area contributed by atoms with E-state index in [0.29, 0.717) is 16.3 Å². The van der Waals surface area contributed by atoms with Gasteiger partial charge >= 0.3 is 0 Å². The van der Waals surface area contributed by atoms with E-state index in [1.807, 2.05) is 25.3 Å². The van der Waals surface area contributed by atoms with Crippen LogP contribution in [0.3, 0.4) is 0 Å². The van der Waals surface area contributed by atoms with Gasteiger partial charge in [0.25, 0.3) is 0 Å². The standard InChI is InChI=1S/C14H13N3OS/c1-9-3-4-12(13(18)5-9)16-7-11(6-15)14-17-10(2)8-19-14/h3-5,7-8,16,18H,1-2H3/b11-7+. The molecule has 0 radical (unpaired) electrons. The maximum absolute atomic E-state index is 9.76. The Labute approximate surface area is 115 Å². The molecule has 0 amide bonds. The summed E-state index contributed by atoms with van der Waals surface area (Å²) in [5.74, 6) is 0.156. The molecule has 0 aliphatic rings.